The zero-order valence-corrected chi connectivity index (χ0v) is 10.7. The molecule has 0 saturated carbocycles. The van der Waals surface area contributed by atoms with E-state index in [0.717, 1.165) is 30.6 Å². The standard InChI is InChI=1S/C11H17N5O3/c1-15-4-2-8(3-5-15)12-11(19)9-6-16(14-13-9)7-10(17)18/h6,8H,2-5,7H2,1H3,(H,12,19)(H,17,18). The number of hydrogen-bond donors (Lipinski definition) is 2. The number of likely N-dealkylation sites (tertiary alicyclic amines) is 1. The van der Waals surface area contributed by atoms with Crippen LogP contribution in [-0.2, 0) is 11.3 Å². The van der Waals surface area contributed by atoms with Crippen LogP contribution in [-0.4, -0.2) is 63.1 Å². The molecule has 0 radical (unpaired) electrons. The van der Waals surface area contributed by atoms with E-state index in [2.05, 4.69) is 27.6 Å². The number of amides is 1. The minimum atomic E-state index is -1.02. The van der Waals surface area contributed by atoms with Crippen molar-refractivity contribution in [2.45, 2.75) is 25.4 Å². The number of carboxylic acid groups (broad SMARTS) is 1. The Hall–Kier alpha value is -1.96. The van der Waals surface area contributed by atoms with E-state index in [1.165, 1.54) is 6.20 Å². The molecule has 1 aromatic rings. The molecule has 1 amide bonds. The molecular weight excluding hydrogens is 250 g/mol. The van der Waals surface area contributed by atoms with Crippen LogP contribution in [0.3, 0.4) is 0 Å². The lowest BCUT2D eigenvalue weighted by Crippen LogP contribution is -2.43. The second-order valence-corrected chi connectivity index (χ2v) is 4.75. The Bertz CT molecular complexity index is 465. The number of aliphatic carboxylic acids is 1. The Kier molecular flexibility index (Phi) is 4.10. The van der Waals surface area contributed by atoms with Gasteiger partial charge in [0.15, 0.2) is 5.69 Å². The summed E-state index contributed by atoms with van der Waals surface area (Å²) in [6.07, 6.45) is 3.16. The van der Waals surface area contributed by atoms with Crippen molar-refractivity contribution in [2.24, 2.45) is 0 Å². The van der Waals surface area contributed by atoms with Crippen molar-refractivity contribution in [3.05, 3.63) is 11.9 Å². The van der Waals surface area contributed by atoms with E-state index in [1.807, 2.05) is 0 Å². The highest BCUT2D eigenvalue weighted by atomic mass is 16.4. The third kappa shape index (κ3) is 3.75. The molecule has 1 fully saturated rings. The Labute approximate surface area is 110 Å². The van der Waals surface area contributed by atoms with Crippen LogP contribution in [0.5, 0.6) is 0 Å². The number of aromatic nitrogens is 3. The zero-order valence-electron chi connectivity index (χ0n) is 10.7. The van der Waals surface area contributed by atoms with Crippen molar-refractivity contribution in [1.29, 1.82) is 0 Å². The smallest absolute Gasteiger partial charge is 0.325 e. The molecular formula is C11H17N5O3. The lowest BCUT2D eigenvalue weighted by molar-refractivity contribution is -0.137. The molecule has 0 spiro atoms. The first-order valence-electron chi connectivity index (χ1n) is 6.16. The van der Waals surface area contributed by atoms with Crippen molar-refractivity contribution < 1.29 is 14.7 Å². The highest BCUT2D eigenvalue weighted by Gasteiger charge is 2.20. The van der Waals surface area contributed by atoms with E-state index < -0.39 is 5.97 Å². The maximum Gasteiger partial charge on any atom is 0.325 e. The number of carboxylic acids is 1. The fourth-order valence-electron chi connectivity index (χ4n) is 2.03. The third-order valence-corrected chi connectivity index (χ3v) is 3.12. The van der Waals surface area contributed by atoms with Gasteiger partial charge in [-0.05, 0) is 33.0 Å². The quantitative estimate of drug-likeness (QED) is 0.739. The lowest BCUT2D eigenvalue weighted by atomic mass is 10.1. The van der Waals surface area contributed by atoms with Crippen molar-refractivity contribution >= 4 is 11.9 Å². The maximum atomic E-state index is 11.9. The van der Waals surface area contributed by atoms with Crippen molar-refractivity contribution in [3.63, 3.8) is 0 Å². The fourth-order valence-corrected chi connectivity index (χ4v) is 2.03. The van der Waals surface area contributed by atoms with Crippen LogP contribution in [0.25, 0.3) is 0 Å². The van der Waals surface area contributed by atoms with Gasteiger partial charge in [0.2, 0.25) is 0 Å². The van der Waals surface area contributed by atoms with Gasteiger partial charge >= 0.3 is 5.97 Å². The highest BCUT2D eigenvalue weighted by molar-refractivity contribution is 5.92. The van der Waals surface area contributed by atoms with E-state index in [4.69, 9.17) is 5.11 Å². The predicted molar refractivity (Wildman–Crippen MR) is 65.6 cm³/mol. The molecule has 0 unspecified atom stereocenters. The largest absolute Gasteiger partial charge is 0.480 e. The van der Waals surface area contributed by atoms with Gasteiger partial charge in [-0.3, -0.25) is 9.59 Å². The lowest BCUT2D eigenvalue weighted by Gasteiger charge is -2.29. The molecule has 0 atom stereocenters. The topological polar surface area (TPSA) is 100 Å². The van der Waals surface area contributed by atoms with Crippen molar-refractivity contribution in [1.82, 2.24) is 25.2 Å². The molecule has 0 aromatic carbocycles. The Morgan fingerprint density at radius 2 is 2.16 bits per heavy atom. The summed E-state index contributed by atoms with van der Waals surface area (Å²) in [6.45, 7) is 1.61. The molecule has 8 nitrogen and oxygen atoms in total. The van der Waals surface area contributed by atoms with E-state index >= 15 is 0 Å². The third-order valence-electron chi connectivity index (χ3n) is 3.12. The van der Waals surface area contributed by atoms with Gasteiger partial charge in [-0.15, -0.1) is 5.10 Å². The minimum Gasteiger partial charge on any atom is -0.480 e. The Morgan fingerprint density at radius 1 is 1.47 bits per heavy atom. The molecule has 2 rings (SSSR count). The second kappa shape index (κ2) is 5.79. The Balaban J connectivity index is 1.89. The summed E-state index contributed by atoms with van der Waals surface area (Å²) in [5, 5.41) is 18.8. The summed E-state index contributed by atoms with van der Waals surface area (Å²) < 4.78 is 1.13. The van der Waals surface area contributed by atoms with Gasteiger partial charge in [0.05, 0.1) is 6.20 Å². The monoisotopic (exact) mass is 267 g/mol. The number of rotatable bonds is 4. The van der Waals surface area contributed by atoms with Gasteiger partial charge in [-0.25, -0.2) is 4.68 Å². The number of carbonyl (C=O) groups excluding carboxylic acids is 1. The Morgan fingerprint density at radius 3 is 2.79 bits per heavy atom. The fraction of sp³-hybridized carbons (Fsp3) is 0.636. The summed E-state index contributed by atoms with van der Waals surface area (Å²) in [5.41, 5.74) is 0.153. The van der Waals surface area contributed by atoms with Gasteiger partial charge < -0.3 is 15.3 Å². The van der Waals surface area contributed by atoms with Crippen LogP contribution in [0.4, 0.5) is 0 Å². The van der Waals surface area contributed by atoms with Crippen LogP contribution in [0.15, 0.2) is 6.20 Å². The maximum absolute atomic E-state index is 11.9. The van der Waals surface area contributed by atoms with Crippen LogP contribution in [0, 0.1) is 0 Å². The van der Waals surface area contributed by atoms with Gasteiger partial charge in [0.1, 0.15) is 6.54 Å². The molecule has 8 heteroatoms. The number of nitrogens with zero attached hydrogens (tertiary/aromatic N) is 4. The molecule has 0 bridgehead atoms. The van der Waals surface area contributed by atoms with E-state index in [9.17, 15) is 9.59 Å². The average Bonchev–Trinajstić information content (AvgIpc) is 2.80. The second-order valence-electron chi connectivity index (χ2n) is 4.75. The summed E-state index contributed by atoms with van der Waals surface area (Å²) in [4.78, 5) is 24.6. The average molecular weight is 267 g/mol. The number of piperidine rings is 1. The molecule has 104 valence electrons. The molecule has 19 heavy (non-hydrogen) atoms. The minimum absolute atomic E-state index is 0.147. The molecule has 1 aliphatic rings. The van der Waals surface area contributed by atoms with E-state index in [1.54, 1.807) is 0 Å². The summed E-state index contributed by atoms with van der Waals surface area (Å²) >= 11 is 0. The van der Waals surface area contributed by atoms with Gasteiger partial charge in [-0.2, -0.15) is 0 Å². The van der Waals surface area contributed by atoms with Crippen LogP contribution >= 0.6 is 0 Å². The first kappa shape index (κ1) is 13.5. The van der Waals surface area contributed by atoms with E-state index in [-0.39, 0.29) is 24.2 Å². The SMILES string of the molecule is CN1CCC(NC(=O)c2cn(CC(=O)O)nn2)CC1. The summed E-state index contributed by atoms with van der Waals surface area (Å²) in [6, 6.07) is 0.147. The molecule has 1 saturated heterocycles. The first-order chi connectivity index (χ1) is 9.04. The summed E-state index contributed by atoms with van der Waals surface area (Å²) in [5.74, 6) is -1.32. The van der Waals surface area contributed by atoms with Crippen molar-refractivity contribution in [3.8, 4) is 0 Å². The molecule has 2 N–H and O–H groups in total. The van der Waals surface area contributed by atoms with Gasteiger partial charge in [-0.1, -0.05) is 5.21 Å². The summed E-state index contributed by atoms with van der Waals surface area (Å²) in [7, 11) is 2.05. The van der Waals surface area contributed by atoms with Gasteiger partial charge in [0.25, 0.3) is 5.91 Å². The zero-order chi connectivity index (χ0) is 13.8. The molecule has 1 aromatic heterocycles. The number of carbonyl (C=O) groups is 2. The van der Waals surface area contributed by atoms with Gasteiger partial charge in [0, 0.05) is 6.04 Å². The molecule has 2 heterocycles. The van der Waals surface area contributed by atoms with E-state index in [0.29, 0.717) is 0 Å². The van der Waals surface area contributed by atoms with Crippen LogP contribution < -0.4 is 5.32 Å². The first-order valence-corrected chi connectivity index (χ1v) is 6.16. The van der Waals surface area contributed by atoms with Crippen LogP contribution in [0.2, 0.25) is 0 Å². The molecule has 1 aliphatic heterocycles. The number of hydrogen-bond acceptors (Lipinski definition) is 5. The van der Waals surface area contributed by atoms with Crippen molar-refractivity contribution in [2.75, 3.05) is 20.1 Å². The highest BCUT2D eigenvalue weighted by Crippen LogP contribution is 2.08. The predicted octanol–water partition coefficient (Wildman–Crippen LogP) is -0.813. The normalized spacial score (nSPS) is 17.3. The number of nitrogens with one attached hydrogen (secondary N) is 1. The molecule has 0 aliphatic carbocycles. The van der Waals surface area contributed by atoms with Crippen LogP contribution in [0.1, 0.15) is 23.3 Å².